The Labute approximate surface area is 110 Å². The maximum atomic E-state index is 12.2. The van der Waals surface area contributed by atoms with Crippen molar-refractivity contribution in [2.24, 2.45) is 0 Å². The molecule has 0 radical (unpaired) electrons. The lowest BCUT2D eigenvalue weighted by Crippen LogP contribution is -2.45. The van der Waals surface area contributed by atoms with Crippen LogP contribution in [-0.2, 0) is 9.53 Å². The number of likely N-dealkylation sites (N-methyl/N-ethyl adjacent to an activating group) is 1. The third-order valence-corrected chi connectivity index (χ3v) is 3.47. The number of hydrogen-bond acceptors (Lipinski definition) is 4. The minimum atomic E-state index is 0.239. The van der Waals surface area contributed by atoms with Gasteiger partial charge in [0.15, 0.2) is 0 Å². The Morgan fingerprint density at radius 1 is 1.44 bits per heavy atom. The van der Waals surface area contributed by atoms with E-state index in [1.54, 1.807) is 7.11 Å². The fourth-order valence-corrected chi connectivity index (χ4v) is 2.29. The standard InChI is InChI=1S/C13H27N3O2/c1-4-15(12(2)11-18-3)10-13(17)16-8-5-6-14-7-9-16/h12,14H,4-11H2,1-3H3. The first kappa shape index (κ1) is 15.4. The van der Waals surface area contributed by atoms with Crippen LogP contribution < -0.4 is 5.32 Å². The summed E-state index contributed by atoms with van der Waals surface area (Å²) in [5.74, 6) is 0.239. The van der Waals surface area contributed by atoms with E-state index in [0.29, 0.717) is 13.2 Å². The van der Waals surface area contributed by atoms with Gasteiger partial charge in [0, 0.05) is 32.8 Å². The van der Waals surface area contributed by atoms with Gasteiger partial charge in [0.25, 0.3) is 0 Å². The first-order chi connectivity index (χ1) is 8.69. The van der Waals surface area contributed by atoms with Crippen molar-refractivity contribution in [3.8, 4) is 0 Å². The summed E-state index contributed by atoms with van der Waals surface area (Å²) >= 11 is 0. The highest BCUT2D eigenvalue weighted by Gasteiger charge is 2.20. The zero-order valence-electron chi connectivity index (χ0n) is 11.9. The largest absolute Gasteiger partial charge is 0.383 e. The van der Waals surface area contributed by atoms with Gasteiger partial charge < -0.3 is 15.0 Å². The van der Waals surface area contributed by atoms with Crippen LogP contribution in [0.4, 0.5) is 0 Å². The predicted octanol–water partition coefficient (Wildman–Crippen LogP) is 0.165. The topological polar surface area (TPSA) is 44.8 Å². The van der Waals surface area contributed by atoms with Gasteiger partial charge in [-0.15, -0.1) is 0 Å². The van der Waals surface area contributed by atoms with E-state index in [2.05, 4.69) is 24.1 Å². The molecule has 1 amide bonds. The first-order valence-electron chi connectivity index (χ1n) is 6.90. The fourth-order valence-electron chi connectivity index (χ4n) is 2.29. The van der Waals surface area contributed by atoms with Crippen LogP contribution in [0.1, 0.15) is 20.3 Å². The second-order valence-electron chi connectivity index (χ2n) is 4.85. The summed E-state index contributed by atoms with van der Waals surface area (Å²) < 4.78 is 5.16. The van der Waals surface area contributed by atoms with Crippen molar-refractivity contribution in [3.05, 3.63) is 0 Å². The molecular weight excluding hydrogens is 230 g/mol. The third kappa shape index (κ3) is 4.92. The number of hydrogen-bond donors (Lipinski definition) is 1. The molecule has 0 bridgehead atoms. The van der Waals surface area contributed by atoms with Gasteiger partial charge >= 0.3 is 0 Å². The Bertz CT molecular complexity index is 240. The molecule has 0 aromatic carbocycles. The summed E-state index contributed by atoms with van der Waals surface area (Å²) in [6, 6.07) is 0.286. The Morgan fingerprint density at radius 2 is 2.22 bits per heavy atom. The molecule has 5 heteroatoms. The smallest absolute Gasteiger partial charge is 0.236 e. The van der Waals surface area contributed by atoms with E-state index in [9.17, 15) is 4.79 Å². The molecule has 0 aromatic rings. The highest BCUT2D eigenvalue weighted by molar-refractivity contribution is 5.78. The normalized spacial score (nSPS) is 18.8. The average Bonchev–Trinajstić information content (AvgIpc) is 2.64. The molecular formula is C13H27N3O2. The van der Waals surface area contributed by atoms with Crippen molar-refractivity contribution in [1.82, 2.24) is 15.1 Å². The first-order valence-corrected chi connectivity index (χ1v) is 6.90. The van der Waals surface area contributed by atoms with Crippen molar-refractivity contribution in [1.29, 1.82) is 0 Å². The van der Waals surface area contributed by atoms with Crippen LogP contribution >= 0.6 is 0 Å². The maximum absolute atomic E-state index is 12.2. The fraction of sp³-hybridized carbons (Fsp3) is 0.923. The highest BCUT2D eigenvalue weighted by atomic mass is 16.5. The zero-order chi connectivity index (χ0) is 13.4. The van der Waals surface area contributed by atoms with Crippen molar-refractivity contribution in [3.63, 3.8) is 0 Å². The number of methoxy groups -OCH3 is 1. The van der Waals surface area contributed by atoms with Gasteiger partial charge in [-0.05, 0) is 26.4 Å². The van der Waals surface area contributed by atoms with Gasteiger partial charge in [0.1, 0.15) is 0 Å². The van der Waals surface area contributed by atoms with Crippen molar-refractivity contribution in [2.75, 3.05) is 53.0 Å². The van der Waals surface area contributed by atoms with Gasteiger partial charge in [-0.2, -0.15) is 0 Å². The number of carbonyl (C=O) groups excluding carboxylic acids is 1. The molecule has 5 nitrogen and oxygen atoms in total. The summed E-state index contributed by atoms with van der Waals surface area (Å²) in [6.45, 7) is 9.86. The second kappa shape index (κ2) is 8.45. The Hall–Kier alpha value is -0.650. The van der Waals surface area contributed by atoms with E-state index in [1.807, 2.05) is 4.90 Å². The lowest BCUT2D eigenvalue weighted by Gasteiger charge is -2.29. The molecule has 1 atom stereocenters. The minimum absolute atomic E-state index is 0.239. The summed E-state index contributed by atoms with van der Waals surface area (Å²) in [7, 11) is 1.70. The van der Waals surface area contributed by atoms with Gasteiger partial charge in [-0.3, -0.25) is 9.69 Å². The van der Waals surface area contributed by atoms with E-state index in [4.69, 9.17) is 4.74 Å². The Morgan fingerprint density at radius 3 is 2.89 bits per heavy atom. The van der Waals surface area contributed by atoms with Crippen LogP contribution in [0.15, 0.2) is 0 Å². The van der Waals surface area contributed by atoms with E-state index in [1.165, 1.54) is 0 Å². The molecule has 1 aliphatic heterocycles. The molecule has 1 rings (SSSR count). The molecule has 0 saturated carbocycles. The SMILES string of the molecule is CCN(CC(=O)N1CCCNCC1)C(C)COC. The summed E-state index contributed by atoms with van der Waals surface area (Å²) in [5, 5.41) is 3.31. The maximum Gasteiger partial charge on any atom is 0.236 e. The molecule has 1 fully saturated rings. The monoisotopic (exact) mass is 257 g/mol. The van der Waals surface area contributed by atoms with Crippen LogP contribution in [0.5, 0.6) is 0 Å². The molecule has 0 aromatic heterocycles. The molecule has 18 heavy (non-hydrogen) atoms. The quantitative estimate of drug-likeness (QED) is 0.736. The van der Waals surface area contributed by atoms with Crippen LogP contribution in [0, 0.1) is 0 Å². The lowest BCUT2D eigenvalue weighted by atomic mass is 10.2. The van der Waals surface area contributed by atoms with Gasteiger partial charge in [0.2, 0.25) is 5.91 Å². The predicted molar refractivity (Wildman–Crippen MR) is 72.7 cm³/mol. The second-order valence-corrected chi connectivity index (χ2v) is 4.85. The molecule has 1 aliphatic rings. The zero-order valence-corrected chi connectivity index (χ0v) is 11.9. The number of carbonyl (C=O) groups is 1. The van der Waals surface area contributed by atoms with Crippen molar-refractivity contribution in [2.45, 2.75) is 26.3 Å². The van der Waals surface area contributed by atoms with Gasteiger partial charge in [-0.25, -0.2) is 0 Å². The molecule has 0 aliphatic carbocycles. The Balaban J connectivity index is 2.44. The van der Waals surface area contributed by atoms with Crippen LogP contribution in [0.3, 0.4) is 0 Å². The van der Waals surface area contributed by atoms with Crippen molar-refractivity contribution >= 4 is 5.91 Å². The molecule has 1 heterocycles. The van der Waals surface area contributed by atoms with Gasteiger partial charge in [-0.1, -0.05) is 6.92 Å². The number of rotatable bonds is 6. The number of nitrogens with one attached hydrogen (secondary N) is 1. The summed E-state index contributed by atoms with van der Waals surface area (Å²) in [5.41, 5.74) is 0. The molecule has 106 valence electrons. The molecule has 1 N–H and O–H groups in total. The van der Waals surface area contributed by atoms with Crippen LogP contribution in [-0.4, -0.2) is 74.7 Å². The lowest BCUT2D eigenvalue weighted by molar-refractivity contribution is -0.133. The van der Waals surface area contributed by atoms with E-state index < -0.39 is 0 Å². The number of ether oxygens (including phenoxy) is 1. The number of nitrogens with zero attached hydrogens (tertiary/aromatic N) is 2. The molecule has 1 unspecified atom stereocenters. The third-order valence-electron chi connectivity index (χ3n) is 3.47. The van der Waals surface area contributed by atoms with E-state index >= 15 is 0 Å². The summed E-state index contributed by atoms with van der Waals surface area (Å²) in [6.07, 6.45) is 1.05. The molecule has 0 spiro atoms. The van der Waals surface area contributed by atoms with Gasteiger partial charge in [0.05, 0.1) is 13.2 Å². The van der Waals surface area contributed by atoms with Crippen LogP contribution in [0.2, 0.25) is 0 Å². The Kier molecular flexibility index (Phi) is 7.23. The van der Waals surface area contributed by atoms with E-state index in [-0.39, 0.29) is 11.9 Å². The van der Waals surface area contributed by atoms with Crippen LogP contribution in [0.25, 0.3) is 0 Å². The van der Waals surface area contributed by atoms with E-state index in [0.717, 1.165) is 39.1 Å². The minimum Gasteiger partial charge on any atom is -0.383 e. The molecule has 1 saturated heterocycles. The van der Waals surface area contributed by atoms with Crippen molar-refractivity contribution < 1.29 is 9.53 Å². The summed E-state index contributed by atoms with van der Waals surface area (Å²) in [4.78, 5) is 16.4. The number of amides is 1. The average molecular weight is 257 g/mol. The highest BCUT2D eigenvalue weighted by Crippen LogP contribution is 2.03.